The molecule has 3 amide bonds. The third-order valence-corrected chi connectivity index (χ3v) is 5.79. The van der Waals surface area contributed by atoms with Crippen LogP contribution in [0.4, 0.5) is 4.79 Å². The summed E-state index contributed by atoms with van der Waals surface area (Å²) in [5, 5.41) is 5.41. The predicted octanol–water partition coefficient (Wildman–Crippen LogP) is 3.93. The van der Waals surface area contributed by atoms with Crippen molar-refractivity contribution in [3.63, 3.8) is 0 Å². The van der Waals surface area contributed by atoms with Gasteiger partial charge in [0, 0.05) is 25.1 Å². The van der Waals surface area contributed by atoms with Crippen LogP contribution in [0.1, 0.15) is 56.8 Å². The van der Waals surface area contributed by atoms with Crippen molar-refractivity contribution in [1.82, 2.24) is 15.5 Å². The van der Waals surface area contributed by atoms with Crippen molar-refractivity contribution in [2.45, 2.75) is 58.2 Å². The molecule has 0 heterocycles. The van der Waals surface area contributed by atoms with Gasteiger partial charge in [-0.2, -0.15) is 0 Å². The predicted molar refractivity (Wildman–Crippen MR) is 157 cm³/mol. The van der Waals surface area contributed by atoms with E-state index in [0.29, 0.717) is 11.1 Å². The van der Waals surface area contributed by atoms with Gasteiger partial charge in [0.1, 0.15) is 17.7 Å². The van der Waals surface area contributed by atoms with Crippen molar-refractivity contribution in [1.29, 1.82) is 0 Å². The number of carbonyl (C=O) groups is 4. The first-order valence-corrected chi connectivity index (χ1v) is 13.4. The lowest BCUT2D eigenvalue weighted by molar-refractivity contribution is -0.144. The molecule has 0 radical (unpaired) electrons. The first-order valence-electron chi connectivity index (χ1n) is 13.4. The van der Waals surface area contributed by atoms with E-state index >= 15 is 0 Å². The maximum absolute atomic E-state index is 14.2. The zero-order valence-corrected chi connectivity index (χ0v) is 24.1. The van der Waals surface area contributed by atoms with Gasteiger partial charge in [-0.05, 0) is 44.9 Å². The number of amides is 3. The van der Waals surface area contributed by atoms with Crippen molar-refractivity contribution in [2.24, 2.45) is 0 Å². The number of carbonyl (C=O) groups excluding carboxylic acids is 4. The molecule has 2 aromatic carbocycles. The highest BCUT2D eigenvalue weighted by molar-refractivity contribution is 5.93. The molecular weight excluding hydrogens is 522 g/mol. The molecule has 0 spiro atoms. The van der Waals surface area contributed by atoms with E-state index in [2.05, 4.69) is 23.1 Å². The molecule has 2 atom stereocenters. The van der Waals surface area contributed by atoms with Gasteiger partial charge in [0.25, 0.3) is 0 Å². The Balaban J connectivity index is 2.51. The summed E-state index contributed by atoms with van der Waals surface area (Å²) in [5.74, 6) is 1.02. The van der Waals surface area contributed by atoms with Crippen LogP contribution in [0.5, 0.6) is 0 Å². The van der Waals surface area contributed by atoms with Crippen LogP contribution in [0, 0.1) is 12.3 Å². The number of rotatable bonds is 13. The Kier molecular flexibility index (Phi) is 12.6. The van der Waals surface area contributed by atoms with Gasteiger partial charge in [-0.25, -0.2) is 4.79 Å². The molecule has 9 heteroatoms. The lowest BCUT2D eigenvalue weighted by Gasteiger charge is -2.34. The van der Waals surface area contributed by atoms with Crippen LogP contribution in [0.2, 0.25) is 0 Å². The van der Waals surface area contributed by atoms with E-state index < -0.39 is 41.6 Å². The largest absolute Gasteiger partial charge is 0.466 e. The van der Waals surface area contributed by atoms with Gasteiger partial charge < -0.3 is 25.0 Å². The molecule has 218 valence electrons. The van der Waals surface area contributed by atoms with Crippen LogP contribution < -0.4 is 10.6 Å². The Bertz CT molecular complexity index is 1250. The quantitative estimate of drug-likeness (QED) is 0.218. The lowest BCUT2D eigenvalue weighted by Crippen LogP contribution is -2.54. The SMILES string of the molecule is C#Cc1ccccc1C(C(=O)NCCC(=O)OCC)N(CC=C)C(=O)C(Cc1ccccc1)NC(=O)OC(C)(C)C. The molecule has 2 unspecified atom stereocenters. The van der Waals surface area contributed by atoms with Crippen molar-refractivity contribution in [3.05, 3.63) is 83.9 Å². The fourth-order valence-electron chi connectivity index (χ4n) is 4.10. The normalized spacial score (nSPS) is 12.2. The number of nitrogens with one attached hydrogen (secondary N) is 2. The topological polar surface area (TPSA) is 114 Å². The molecule has 0 saturated heterocycles. The Labute approximate surface area is 242 Å². The Morgan fingerprint density at radius 2 is 1.73 bits per heavy atom. The van der Waals surface area contributed by atoms with Crippen LogP contribution in [-0.2, 0) is 30.3 Å². The molecule has 0 aliphatic heterocycles. The molecule has 0 aliphatic carbocycles. The minimum atomic E-state index is -1.19. The molecule has 0 aliphatic rings. The second-order valence-corrected chi connectivity index (χ2v) is 10.1. The summed E-state index contributed by atoms with van der Waals surface area (Å²) in [5.41, 5.74) is 0.826. The van der Waals surface area contributed by atoms with Crippen molar-refractivity contribution in [3.8, 4) is 12.3 Å². The van der Waals surface area contributed by atoms with E-state index in [9.17, 15) is 19.2 Å². The average molecular weight is 562 g/mol. The molecule has 2 aromatic rings. The standard InChI is InChI=1S/C32H39N3O6/c1-7-21-35(30(38)26(22-23-15-11-10-12-16-23)34-31(39)41-32(4,5)6)28(25-18-14-13-17-24(25)8-2)29(37)33-20-19-27(36)40-9-3/h2,7,10-18,26,28H,1,9,19-22H2,3-6H3,(H,33,37)(H,34,39). The summed E-state index contributed by atoms with van der Waals surface area (Å²) < 4.78 is 10.4. The van der Waals surface area contributed by atoms with Crippen molar-refractivity contribution >= 4 is 23.9 Å². The fourth-order valence-corrected chi connectivity index (χ4v) is 4.10. The van der Waals surface area contributed by atoms with Gasteiger partial charge in [0.15, 0.2) is 0 Å². The molecule has 2 N–H and O–H groups in total. The van der Waals surface area contributed by atoms with Crippen molar-refractivity contribution in [2.75, 3.05) is 19.7 Å². The molecular formula is C32H39N3O6. The van der Waals surface area contributed by atoms with Crippen LogP contribution >= 0.6 is 0 Å². The van der Waals surface area contributed by atoms with E-state index in [4.69, 9.17) is 15.9 Å². The van der Waals surface area contributed by atoms with E-state index in [-0.39, 0.29) is 32.5 Å². The number of alkyl carbamates (subject to hydrolysis) is 1. The molecule has 41 heavy (non-hydrogen) atoms. The summed E-state index contributed by atoms with van der Waals surface area (Å²) in [6, 6.07) is 13.7. The number of hydrogen-bond acceptors (Lipinski definition) is 6. The summed E-state index contributed by atoms with van der Waals surface area (Å²) >= 11 is 0. The fraction of sp³-hybridized carbons (Fsp3) is 0.375. The average Bonchev–Trinajstić information content (AvgIpc) is 2.92. The van der Waals surface area contributed by atoms with Crippen molar-refractivity contribution < 1.29 is 28.7 Å². The maximum Gasteiger partial charge on any atom is 0.408 e. The van der Waals surface area contributed by atoms with Gasteiger partial charge >= 0.3 is 12.1 Å². The highest BCUT2D eigenvalue weighted by Gasteiger charge is 2.36. The van der Waals surface area contributed by atoms with Crippen LogP contribution in [0.3, 0.4) is 0 Å². The van der Waals surface area contributed by atoms with E-state index in [1.54, 1.807) is 52.0 Å². The summed E-state index contributed by atoms with van der Waals surface area (Å²) in [7, 11) is 0. The van der Waals surface area contributed by atoms with E-state index in [1.165, 1.54) is 11.0 Å². The number of nitrogens with zero attached hydrogens (tertiary/aromatic N) is 1. The summed E-state index contributed by atoms with van der Waals surface area (Å²) in [6.07, 6.45) is 6.57. The monoisotopic (exact) mass is 561 g/mol. The first-order chi connectivity index (χ1) is 19.5. The van der Waals surface area contributed by atoms with Crippen LogP contribution in [-0.4, -0.2) is 60.1 Å². The number of esters is 1. The van der Waals surface area contributed by atoms with Gasteiger partial charge in [-0.1, -0.05) is 60.5 Å². The number of terminal acetylenes is 1. The molecule has 0 fully saturated rings. The number of ether oxygens (including phenoxy) is 2. The highest BCUT2D eigenvalue weighted by atomic mass is 16.6. The Morgan fingerprint density at radius 1 is 1.07 bits per heavy atom. The third kappa shape index (κ3) is 10.5. The van der Waals surface area contributed by atoms with Gasteiger partial charge in [-0.15, -0.1) is 13.0 Å². The number of benzene rings is 2. The Hall–Kier alpha value is -4.58. The second kappa shape index (κ2) is 15.9. The zero-order chi connectivity index (χ0) is 30.4. The number of hydrogen-bond donors (Lipinski definition) is 2. The molecule has 9 nitrogen and oxygen atoms in total. The van der Waals surface area contributed by atoms with Gasteiger partial charge in [0.2, 0.25) is 11.8 Å². The zero-order valence-electron chi connectivity index (χ0n) is 24.1. The first kappa shape index (κ1) is 32.6. The van der Waals surface area contributed by atoms with Crippen LogP contribution in [0.15, 0.2) is 67.3 Å². The third-order valence-electron chi connectivity index (χ3n) is 5.79. The van der Waals surface area contributed by atoms with E-state index in [1.807, 2.05) is 30.3 Å². The maximum atomic E-state index is 14.2. The van der Waals surface area contributed by atoms with Gasteiger partial charge in [0.05, 0.1) is 13.0 Å². The smallest absolute Gasteiger partial charge is 0.408 e. The summed E-state index contributed by atoms with van der Waals surface area (Å²) in [6.45, 7) is 10.8. The van der Waals surface area contributed by atoms with Crippen LogP contribution in [0.25, 0.3) is 0 Å². The molecule has 0 aromatic heterocycles. The molecule has 0 bridgehead atoms. The minimum Gasteiger partial charge on any atom is -0.466 e. The second-order valence-electron chi connectivity index (χ2n) is 10.1. The van der Waals surface area contributed by atoms with E-state index in [0.717, 1.165) is 5.56 Å². The lowest BCUT2D eigenvalue weighted by atomic mass is 9.96. The molecule has 0 saturated carbocycles. The summed E-state index contributed by atoms with van der Waals surface area (Å²) in [4.78, 5) is 53.9. The highest BCUT2D eigenvalue weighted by Crippen LogP contribution is 2.26. The Morgan fingerprint density at radius 3 is 2.34 bits per heavy atom. The minimum absolute atomic E-state index is 0.00783. The van der Waals surface area contributed by atoms with Gasteiger partial charge in [-0.3, -0.25) is 14.4 Å². The molecule has 2 rings (SSSR count).